The molecule has 2 aliphatic heterocycles. The lowest BCUT2D eigenvalue weighted by atomic mass is 9.97. The van der Waals surface area contributed by atoms with Crippen molar-refractivity contribution in [3.8, 4) is 5.75 Å². The Bertz CT molecular complexity index is 974. The number of aromatic nitrogens is 1. The third kappa shape index (κ3) is 5.78. The molecule has 3 heterocycles. The first-order valence-corrected chi connectivity index (χ1v) is 13.2. The zero-order valence-electron chi connectivity index (χ0n) is 20.7. The van der Waals surface area contributed by atoms with E-state index in [9.17, 15) is 9.59 Å². The smallest absolute Gasteiger partial charge is 0.273 e. The summed E-state index contributed by atoms with van der Waals surface area (Å²) < 4.78 is 5.67. The number of carbonyl (C=O) groups excluding carboxylic acids is 2. The van der Waals surface area contributed by atoms with Crippen LogP contribution in [0.1, 0.15) is 71.3 Å². The Morgan fingerprint density at radius 2 is 1.71 bits per heavy atom. The molecule has 34 heavy (non-hydrogen) atoms. The van der Waals surface area contributed by atoms with Gasteiger partial charge in [0.05, 0.1) is 11.1 Å². The molecule has 0 radical (unpaired) electrons. The van der Waals surface area contributed by atoms with Crippen molar-refractivity contribution < 1.29 is 14.3 Å². The van der Waals surface area contributed by atoms with Crippen molar-refractivity contribution in [1.29, 1.82) is 0 Å². The molecular weight excluding hydrogens is 448 g/mol. The van der Waals surface area contributed by atoms with Crippen LogP contribution >= 0.6 is 11.3 Å². The van der Waals surface area contributed by atoms with Crippen LogP contribution in [-0.2, 0) is 0 Å². The Hall–Kier alpha value is -2.45. The molecule has 2 amide bonds. The van der Waals surface area contributed by atoms with Crippen LogP contribution in [0.4, 0.5) is 0 Å². The minimum Gasteiger partial charge on any atom is -0.491 e. The highest BCUT2D eigenvalue weighted by Crippen LogP contribution is 2.31. The van der Waals surface area contributed by atoms with Gasteiger partial charge in [-0.15, -0.1) is 11.3 Å². The first kappa shape index (κ1) is 24.7. The standard InChI is InChI=1S/C26H36N4O3S/c1-18(2)33-22-7-5-20(6-8-22)25(31)30-15-9-19(10-16-30)24-27-23(17-34-24)26(32)29(4)21-11-13-28(3)14-12-21/h5-8,17-19,21H,9-16H2,1-4H3. The number of thiazole rings is 1. The van der Waals surface area contributed by atoms with Crippen molar-refractivity contribution in [2.45, 2.75) is 57.6 Å². The number of piperidine rings is 2. The summed E-state index contributed by atoms with van der Waals surface area (Å²) in [5.74, 6) is 1.16. The Morgan fingerprint density at radius 1 is 1.06 bits per heavy atom. The van der Waals surface area contributed by atoms with Gasteiger partial charge >= 0.3 is 0 Å². The van der Waals surface area contributed by atoms with E-state index in [-0.39, 0.29) is 24.0 Å². The van der Waals surface area contributed by atoms with Crippen LogP contribution in [0.15, 0.2) is 29.6 Å². The van der Waals surface area contributed by atoms with Gasteiger partial charge in [-0.2, -0.15) is 0 Å². The van der Waals surface area contributed by atoms with E-state index < -0.39 is 0 Å². The van der Waals surface area contributed by atoms with E-state index >= 15 is 0 Å². The van der Waals surface area contributed by atoms with E-state index in [0.29, 0.717) is 30.3 Å². The maximum absolute atomic E-state index is 13.0. The van der Waals surface area contributed by atoms with Gasteiger partial charge in [-0.05, 0) is 83.9 Å². The number of nitrogens with zero attached hydrogens (tertiary/aromatic N) is 4. The molecule has 1 aromatic heterocycles. The van der Waals surface area contributed by atoms with Gasteiger partial charge < -0.3 is 19.4 Å². The highest BCUT2D eigenvalue weighted by Gasteiger charge is 2.29. The Balaban J connectivity index is 1.30. The molecule has 0 saturated carbocycles. The fourth-order valence-electron chi connectivity index (χ4n) is 4.76. The Morgan fingerprint density at radius 3 is 2.32 bits per heavy atom. The van der Waals surface area contributed by atoms with E-state index in [1.54, 1.807) is 11.3 Å². The number of likely N-dealkylation sites (tertiary alicyclic amines) is 2. The lowest BCUT2D eigenvalue weighted by molar-refractivity contribution is 0.0654. The number of ether oxygens (including phenoxy) is 1. The maximum atomic E-state index is 13.0. The summed E-state index contributed by atoms with van der Waals surface area (Å²) in [5.41, 5.74) is 1.25. The topological polar surface area (TPSA) is 66.0 Å². The van der Waals surface area contributed by atoms with Crippen LogP contribution in [0.2, 0.25) is 0 Å². The lowest BCUT2D eigenvalue weighted by Crippen LogP contribution is -2.44. The van der Waals surface area contributed by atoms with Crippen molar-refractivity contribution >= 4 is 23.2 Å². The normalized spacial score (nSPS) is 18.3. The second-order valence-corrected chi connectivity index (χ2v) is 10.7. The lowest BCUT2D eigenvalue weighted by Gasteiger charge is -2.34. The summed E-state index contributed by atoms with van der Waals surface area (Å²) >= 11 is 1.58. The number of rotatable bonds is 6. The van der Waals surface area contributed by atoms with Gasteiger partial charge in [0.1, 0.15) is 11.4 Å². The van der Waals surface area contributed by atoms with Crippen molar-refractivity contribution in [3.05, 3.63) is 45.9 Å². The largest absolute Gasteiger partial charge is 0.491 e. The summed E-state index contributed by atoms with van der Waals surface area (Å²) in [5, 5.41) is 2.92. The van der Waals surface area contributed by atoms with Crippen LogP contribution in [-0.4, -0.2) is 83.9 Å². The molecule has 7 nitrogen and oxygen atoms in total. The van der Waals surface area contributed by atoms with Crippen molar-refractivity contribution in [3.63, 3.8) is 0 Å². The number of benzene rings is 1. The van der Waals surface area contributed by atoms with E-state index in [4.69, 9.17) is 9.72 Å². The van der Waals surface area contributed by atoms with Gasteiger partial charge in [0.2, 0.25) is 0 Å². The zero-order valence-corrected chi connectivity index (χ0v) is 21.5. The molecule has 4 rings (SSSR count). The molecule has 0 spiro atoms. The van der Waals surface area contributed by atoms with Crippen molar-refractivity contribution in [1.82, 2.24) is 19.7 Å². The molecule has 2 aliphatic rings. The zero-order chi connectivity index (χ0) is 24.2. The van der Waals surface area contributed by atoms with Crippen molar-refractivity contribution in [2.24, 2.45) is 0 Å². The van der Waals surface area contributed by atoms with Crippen LogP contribution in [0.3, 0.4) is 0 Å². The van der Waals surface area contributed by atoms with Gasteiger partial charge in [-0.25, -0.2) is 4.98 Å². The molecule has 0 N–H and O–H groups in total. The average Bonchev–Trinajstić information content (AvgIpc) is 3.34. The molecular formula is C26H36N4O3S. The molecule has 184 valence electrons. The Kier molecular flexibility index (Phi) is 7.88. The maximum Gasteiger partial charge on any atom is 0.273 e. The minimum atomic E-state index is 0.0227. The van der Waals surface area contributed by atoms with Gasteiger partial charge in [-0.3, -0.25) is 9.59 Å². The predicted molar refractivity (Wildman–Crippen MR) is 135 cm³/mol. The van der Waals surface area contributed by atoms with Crippen molar-refractivity contribution in [2.75, 3.05) is 40.3 Å². The molecule has 0 aliphatic carbocycles. The molecule has 0 unspecified atom stereocenters. The fraction of sp³-hybridized carbons (Fsp3) is 0.577. The summed E-state index contributed by atoms with van der Waals surface area (Å²) in [4.78, 5) is 36.8. The molecule has 2 saturated heterocycles. The van der Waals surface area contributed by atoms with E-state index in [2.05, 4.69) is 11.9 Å². The molecule has 0 bridgehead atoms. The molecule has 2 fully saturated rings. The average molecular weight is 485 g/mol. The summed E-state index contributed by atoms with van der Waals surface area (Å²) in [7, 11) is 4.03. The number of hydrogen-bond donors (Lipinski definition) is 0. The third-order valence-electron chi connectivity index (χ3n) is 6.90. The monoisotopic (exact) mass is 484 g/mol. The number of carbonyl (C=O) groups is 2. The fourth-order valence-corrected chi connectivity index (χ4v) is 5.73. The van der Waals surface area contributed by atoms with Crippen LogP contribution in [0.5, 0.6) is 5.75 Å². The van der Waals surface area contributed by atoms with Gasteiger partial charge in [0.15, 0.2) is 0 Å². The van der Waals surface area contributed by atoms with E-state index in [1.807, 2.05) is 60.3 Å². The first-order valence-electron chi connectivity index (χ1n) is 12.3. The molecule has 2 aromatic rings. The number of amides is 2. The summed E-state index contributed by atoms with van der Waals surface area (Å²) in [6.07, 6.45) is 3.86. The SMILES string of the molecule is CC(C)Oc1ccc(C(=O)N2CCC(c3nc(C(=O)N(C)C4CCN(C)CC4)cs3)CC2)cc1. The highest BCUT2D eigenvalue weighted by atomic mass is 32.1. The van der Waals surface area contributed by atoms with Gasteiger partial charge in [-0.1, -0.05) is 0 Å². The van der Waals surface area contributed by atoms with E-state index in [1.165, 1.54) is 0 Å². The summed E-state index contributed by atoms with van der Waals surface area (Å²) in [6, 6.07) is 7.68. The third-order valence-corrected chi connectivity index (χ3v) is 7.91. The minimum absolute atomic E-state index is 0.0227. The second kappa shape index (κ2) is 10.9. The van der Waals surface area contributed by atoms with Crippen LogP contribution in [0, 0.1) is 0 Å². The quantitative estimate of drug-likeness (QED) is 0.617. The van der Waals surface area contributed by atoms with E-state index in [0.717, 1.165) is 49.5 Å². The summed E-state index contributed by atoms with van der Waals surface area (Å²) in [6.45, 7) is 7.42. The Labute approximate surface area is 206 Å². The second-order valence-electron chi connectivity index (χ2n) is 9.78. The highest BCUT2D eigenvalue weighted by molar-refractivity contribution is 7.09. The predicted octanol–water partition coefficient (Wildman–Crippen LogP) is 4.12. The molecule has 1 aromatic carbocycles. The number of hydrogen-bond acceptors (Lipinski definition) is 6. The first-order chi connectivity index (χ1) is 16.3. The van der Waals surface area contributed by atoms with Gasteiger partial charge in [0, 0.05) is 43.0 Å². The van der Waals surface area contributed by atoms with Crippen LogP contribution < -0.4 is 4.74 Å². The molecule has 0 atom stereocenters. The van der Waals surface area contributed by atoms with Crippen LogP contribution in [0.25, 0.3) is 0 Å². The van der Waals surface area contributed by atoms with Gasteiger partial charge in [0.25, 0.3) is 11.8 Å². The molecule has 8 heteroatoms.